The molecule has 1 amide bonds. The van der Waals surface area contributed by atoms with Crippen molar-refractivity contribution in [1.29, 1.82) is 0 Å². The molecule has 1 saturated carbocycles. The summed E-state index contributed by atoms with van der Waals surface area (Å²) in [6, 6.07) is 0. The molecule has 0 spiro atoms. The van der Waals surface area contributed by atoms with Crippen molar-refractivity contribution in [2.24, 2.45) is 11.8 Å². The van der Waals surface area contributed by atoms with E-state index in [1.807, 2.05) is 0 Å². The molecule has 1 fully saturated rings. The number of nitrogens with zero attached hydrogens (tertiary/aromatic N) is 1. The fourth-order valence-corrected chi connectivity index (χ4v) is 2.45. The summed E-state index contributed by atoms with van der Waals surface area (Å²) in [6.07, 6.45) is 11.2. The Morgan fingerprint density at radius 3 is 2.69 bits per heavy atom. The molecule has 2 aliphatic rings. The number of hydrogen-bond acceptors (Lipinski definition) is 1. The summed E-state index contributed by atoms with van der Waals surface area (Å²) in [5.41, 5.74) is 0. The van der Waals surface area contributed by atoms with Crippen LogP contribution in [0.2, 0.25) is 0 Å². The number of rotatable bonds is 5. The Labute approximate surface area is 98.7 Å². The number of hydrogen-bond donors (Lipinski definition) is 0. The SMILES string of the molecule is CCCN(CC1CC1)C(=O)[C@@H]1CC=CCC1. The first kappa shape index (κ1) is 11.7. The van der Waals surface area contributed by atoms with Crippen molar-refractivity contribution in [1.82, 2.24) is 4.90 Å². The van der Waals surface area contributed by atoms with Crippen LogP contribution < -0.4 is 0 Å². The Morgan fingerprint density at radius 1 is 1.31 bits per heavy atom. The molecule has 0 aliphatic heterocycles. The van der Waals surface area contributed by atoms with Crippen molar-refractivity contribution in [2.45, 2.75) is 45.4 Å². The summed E-state index contributed by atoms with van der Waals surface area (Å²) in [4.78, 5) is 14.5. The third kappa shape index (κ3) is 3.10. The van der Waals surface area contributed by atoms with Crippen LogP contribution in [0, 0.1) is 11.8 Å². The molecule has 16 heavy (non-hydrogen) atoms. The molecule has 90 valence electrons. The minimum Gasteiger partial charge on any atom is -0.342 e. The Hall–Kier alpha value is -0.790. The van der Waals surface area contributed by atoms with Crippen LogP contribution in [0.15, 0.2) is 12.2 Å². The Bertz CT molecular complexity index is 268. The normalized spacial score (nSPS) is 24.4. The van der Waals surface area contributed by atoms with Crippen molar-refractivity contribution in [3.8, 4) is 0 Å². The van der Waals surface area contributed by atoms with E-state index in [2.05, 4.69) is 24.0 Å². The lowest BCUT2D eigenvalue weighted by Crippen LogP contribution is -2.38. The van der Waals surface area contributed by atoms with Gasteiger partial charge in [0.15, 0.2) is 0 Å². The zero-order valence-electron chi connectivity index (χ0n) is 10.3. The Balaban J connectivity index is 1.89. The Morgan fingerprint density at radius 2 is 2.12 bits per heavy atom. The average Bonchev–Trinajstić information content (AvgIpc) is 3.13. The molecule has 1 atom stereocenters. The summed E-state index contributed by atoms with van der Waals surface area (Å²) < 4.78 is 0. The van der Waals surface area contributed by atoms with Crippen LogP contribution >= 0.6 is 0 Å². The van der Waals surface area contributed by atoms with E-state index in [4.69, 9.17) is 0 Å². The summed E-state index contributed by atoms with van der Waals surface area (Å²) in [5.74, 6) is 1.50. The minimum atomic E-state index is 0.273. The largest absolute Gasteiger partial charge is 0.342 e. The van der Waals surface area contributed by atoms with E-state index in [9.17, 15) is 4.79 Å². The second-order valence-corrected chi connectivity index (χ2v) is 5.21. The lowest BCUT2D eigenvalue weighted by atomic mass is 9.93. The van der Waals surface area contributed by atoms with E-state index in [-0.39, 0.29) is 5.92 Å². The highest BCUT2D eigenvalue weighted by Gasteiger charge is 2.29. The molecule has 0 bridgehead atoms. The van der Waals surface area contributed by atoms with Gasteiger partial charge < -0.3 is 4.90 Å². The molecular formula is C14H23NO. The third-order valence-corrected chi connectivity index (χ3v) is 3.60. The molecule has 0 N–H and O–H groups in total. The molecule has 0 aromatic heterocycles. The van der Waals surface area contributed by atoms with Gasteiger partial charge in [-0.1, -0.05) is 19.1 Å². The molecule has 0 heterocycles. The maximum atomic E-state index is 12.3. The van der Waals surface area contributed by atoms with Crippen molar-refractivity contribution in [3.05, 3.63) is 12.2 Å². The van der Waals surface area contributed by atoms with E-state index in [0.29, 0.717) is 5.91 Å². The zero-order valence-corrected chi connectivity index (χ0v) is 10.3. The quantitative estimate of drug-likeness (QED) is 0.654. The first-order chi connectivity index (χ1) is 7.81. The fraction of sp³-hybridized carbons (Fsp3) is 0.786. The standard InChI is InChI=1S/C14H23NO/c1-2-10-15(11-12-8-9-12)14(16)13-6-4-3-5-7-13/h3-4,12-13H,2,5-11H2,1H3/t13-/m1/s1. The van der Waals surface area contributed by atoms with Crippen molar-refractivity contribution in [2.75, 3.05) is 13.1 Å². The van der Waals surface area contributed by atoms with Gasteiger partial charge in [0.05, 0.1) is 0 Å². The zero-order chi connectivity index (χ0) is 11.4. The highest BCUT2D eigenvalue weighted by Crippen LogP contribution is 2.31. The molecule has 0 aromatic carbocycles. The van der Waals surface area contributed by atoms with Gasteiger partial charge >= 0.3 is 0 Å². The molecule has 2 nitrogen and oxygen atoms in total. The number of carbonyl (C=O) groups excluding carboxylic acids is 1. The number of carbonyl (C=O) groups is 1. The predicted molar refractivity (Wildman–Crippen MR) is 66.1 cm³/mol. The van der Waals surface area contributed by atoms with E-state index >= 15 is 0 Å². The highest BCUT2D eigenvalue weighted by atomic mass is 16.2. The van der Waals surface area contributed by atoms with E-state index in [1.54, 1.807) is 0 Å². The van der Waals surface area contributed by atoms with Crippen LogP contribution in [0.25, 0.3) is 0 Å². The lowest BCUT2D eigenvalue weighted by Gasteiger charge is -2.27. The minimum absolute atomic E-state index is 0.273. The van der Waals surface area contributed by atoms with Gasteiger partial charge in [-0.3, -0.25) is 4.79 Å². The molecule has 2 aliphatic carbocycles. The number of allylic oxidation sites excluding steroid dienone is 2. The van der Waals surface area contributed by atoms with E-state index in [1.165, 1.54) is 12.8 Å². The Kier molecular flexibility index (Phi) is 4.03. The van der Waals surface area contributed by atoms with Crippen LogP contribution in [0.1, 0.15) is 45.4 Å². The van der Waals surface area contributed by atoms with E-state index < -0.39 is 0 Å². The second-order valence-electron chi connectivity index (χ2n) is 5.21. The van der Waals surface area contributed by atoms with Gasteiger partial charge in [0.2, 0.25) is 5.91 Å². The van der Waals surface area contributed by atoms with Gasteiger partial charge in [-0.2, -0.15) is 0 Å². The smallest absolute Gasteiger partial charge is 0.226 e. The first-order valence-electron chi connectivity index (χ1n) is 6.75. The molecule has 0 unspecified atom stereocenters. The maximum Gasteiger partial charge on any atom is 0.226 e. The maximum absolute atomic E-state index is 12.3. The molecule has 0 aromatic rings. The van der Waals surface area contributed by atoms with Crippen molar-refractivity contribution in [3.63, 3.8) is 0 Å². The monoisotopic (exact) mass is 221 g/mol. The van der Waals surface area contributed by atoms with Crippen LogP contribution in [0.3, 0.4) is 0 Å². The topological polar surface area (TPSA) is 20.3 Å². The van der Waals surface area contributed by atoms with Crippen LogP contribution in [-0.2, 0) is 4.79 Å². The van der Waals surface area contributed by atoms with Crippen LogP contribution in [0.5, 0.6) is 0 Å². The number of amides is 1. The van der Waals surface area contributed by atoms with Gasteiger partial charge in [-0.05, 0) is 44.4 Å². The predicted octanol–water partition coefficient (Wildman–Crippen LogP) is 2.99. The van der Waals surface area contributed by atoms with Crippen molar-refractivity contribution < 1.29 is 4.79 Å². The molecule has 0 saturated heterocycles. The summed E-state index contributed by atoms with van der Waals surface area (Å²) in [7, 11) is 0. The fourth-order valence-electron chi connectivity index (χ4n) is 2.45. The van der Waals surface area contributed by atoms with Gasteiger partial charge in [0.1, 0.15) is 0 Å². The van der Waals surface area contributed by atoms with Gasteiger partial charge in [0.25, 0.3) is 0 Å². The molecular weight excluding hydrogens is 198 g/mol. The molecule has 2 rings (SSSR count). The third-order valence-electron chi connectivity index (χ3n) is 3.60. The van der Waals surface area contributed by atoms with E-state index in [0.717, 1.165) is 44.7 Å². The highest BCUT2D eigenvalue weighted by molar-refractivity contribution is 5.79. The second kappa shape index (κ2) is 5.51. The summed E-state index contributed by atoms with van der Waals surface area (Å²) in [5, 5.41) is 0. The van der Waals surface area contributed by atoms with Gasteiger partial charge in [-0.15, -0.1) is 0 Å². The summed E-state index contributed by atoms with van der Waals surface area (Å²) >= 11 is 0. The van der Waals surface area contributed by atoms with Gasteiger partial charge in [-0.25, -0.2) is 0 Å². The lowest BCUT2D eigenvalue weighted by molar-refractivity contribution is -0.136. The van der Waals surface area contributed by atoms with Crippen LogP contribution in [-0.4, -0.2) is 23.9 Å². The van der Waals surface area contributed by atoms with Crippen LogP contribution in [0.4, 0.5) is 0 Å². The summed E-state index contributed by atoms with van der Waals surface area (Å²) in [6.45, 7) is 4.14. The average molecular weight is 221 g/mol. The first-order valence-corrected chi connectivity index (χ1v) is 6.75. The molecule has 2 heteroatoms. The van der Waals surface area contributed by atoms with Crippen molar-refractivity contribution >= 4 is 5.91 Å². The van der Waals surface area contributed by atoms with Gasteiger partial charge in [0, 0.05) is 19.0 Å². The molecule has 0 radical (unpaired) electrons.